The Labute approximate surface area is 204 Å². The first-order chi connectivity index (χ1) is 16.7. The molecule has 3 aromatic rings. The maximum atomic E-state index is 12.7. The molecule has 0 bridgehead atoms. The van der Waals surface area contributed by atoms with Gasteiger partial charge in [-0.2, -0.15) is 0 Å². The standard InChI is InChI=1S/C25H32N6O2S/c1-28-8-12-31(13-9-28)25(32)21-18-24(27-19-26-21)33-16-3-7-29-10-14-30(15-11-29)22-4-2-5-23-20(22)6-17-34-23/h2,4-6,17-19H,3,7-16H2,1H3. The van der Waals surface area contributed by atoms with Gasteiger partial charge in [-0.1, -0.05) is 6.07 Å². The SMILES string of the molecule is CN1CCN(C(=O)c2cc(OCCCN3CCN(c4cccc5sccc45)CC3)ncn2)CC1. The third kappa shape index (κ3) is 5.32. The van der Waals surface area contributed by atoms with Crippen LogP contribution in [0.15, 0.2) is 42.0 Å². The summed E-state index contributed by atoms with van der Waals surface area (Å²) in [6.45, 7) is 8.99. The number of nitrogens with zero attached hydrogens (tertiary/aromatic N) is 6. The highest BCUT2D eigenvalue weighted by Crippen LogP contribution is 2.31. The molecule has 1 amide bonds. The summed E-state index contributed by atoms with van der Waals surface area (Å²) in [5.41, 5.74) is 1.76. The van der Waals surface area contributed by atoms with Gasteiger partial charge in [-0.15, -0.1) is 11.3 Å². The van der Waals surface area contributed by atoms with Crippen molar-refractivity contribution in [3.05, 3.63) is 47.7 Å². The van der Waals surface area contributed by atoms with Gasteiger partial charge in [0.2, 0.25) is 5.88 Å². The molecular formula is C25H32N6O2S. The van der Waals surface area contributed by atoms with Crippen LogP contribution in [-0.4, -0.2) is 103 Å². The van der Waals surface area contributed by atoms with Crippen molar-refractivity contribution >= 4 is 33.0 Å². The number of aromatic nitrogens is 2. The zero-order valence-corrected chi connectivity index (χ0v) is 20.5. The minimum atomic E-state index is -0.0450. The zero-order valence-electron chi connectivity index (χ0n) is 19.7. The molecule has 0 saturated carbocycles. The Morgan fingerprint density at radius 2 is 1.85 bits per heavy atom. The number of fused-ring (bicyclic) bond motifs is 1. The number of likely N-dealkylation sites (N-methyl/N-ethyl adjacent to an activating group) is 1. The number of thiophene rings is 1. The van der Waals surface area contributed by atoms with Crippen molar-refractivity contribution in [2.24, 2.45) is 0 Å². The molecule has 2 aromatic heterocycles. The predicted octanol–water partition coefficient (Wildman–Crippen LogP) is 2.67. The fourth-order valence-electron chi connectivity index (χ4n) is 4.64. The average Bonchev–Trinajstić information content (AvgIpc) is 3.37. The molecule has 5 rings (SSSR count). The highest BCUT2D eigenvalue weighted by Gasteiger charge is 2.22. The number of carbonyl (C=O) groups is 1. The number of amides is 1. The Kier molecular flexibility index (Phi) is 7.22. The van der Waals surface area contributed by atoms with E-state index >= 15 is 0 Å². The molecule has 2 aliphatic rings. The summed E-state index contributed by atoms with van der Waals surface area (Å²) in [6, 6.07) is 10.5. The van der Waals surface area contributed by atoms with E-state index < -0.39 is 0 Å². The first-order valence-electron chi connectivity index (χ1n) is 12.0. The summed E-state index contributed by atoms with van der Waals surface area (Å²) in [4.78, 5) is 30.2. The number of hydrogen-bond acceptors (Lipinski definition) is 8. The van der Waals surface area contributed by atoms with Gasteiger partial charge in [0.05, 0.1) is 6.61 Å². The lowest BCUT2D eigenvalue weighted by atomic mass is 10.2. The molecule has 1 aromatic carbocycles. The maximum absolute atomic E-state index is 12.7. The van der Waals surface area contributed by atoms with Gasteiger partial charge in [0.1, 0.15) is 12.0 Å². The maximum Gasteiger partial charge on any atom is 0.272 e. The summed E-state index contributed by atoms with van der Waals surface area (Å²) in [5, 5.41) is 3.54. The second-order valence-corrected chi connectivity index (χ2v) is 9.92. The number of benzene rings is 1. The Hall–Kier alpha value is -2.75. The minimum Gasteiger partial charge on any atom is -0.478 e. The van der Waals surface area contributed by atoms with Crippen LogP contribution >= 0.6 is 11.3 Å². The van der Waals surface area contributed by atoms with Crippen LogP contribution in [0.4, 0.5) is 5.69 Å². The molecule has 2 fully saturated rings. The molecule has 4 heterocycles. The number of ether oxygens (including phenoxy) is 1. The van der Waals surface area contributed by atoms with E-state index in [-0.39, 0.29) is 5.91 Å². The van der Waals surface area contributed by atoms with E-state index in [1.54, 1.807) is 17.4 Å². The molecule has 8 nitrogen and oxygen atoms in total. The number of rotatable bonds is 7. The smallest absolute Gasteiger partial charge is 0.272 e. The van der Waals surface area contributed by atoms with Crippen LogP contribution in [0.25, 0.3) is 10.1 Å². The Balaban J connectivity index is 1.05. The second kappa shape index (κ2) is 10.7. The van der Waals surface area contributed by atoms with Crippen LogP contribution in [0, 0.1) is 0 Å². The van der Waals surface area contributed by atoms with Crippen LogP contribution in [0.5, 0.6) is 5.88 Å². The molecule has 0 unspecified atom stereocenters. The van der Waals surface area contributed by atoms with Crippen LogP contribution in [0.1, 0.15) is 16.9 Å². The van der Waals surface area contributed by atoms with Gasteiger partial charge in [-0.25, -0.2) is 9.97 Å². The third-order valence-corrected chi connectivity index (χ3v) is 7.59. The third-order valence-electron chi connectivity index (χ3n) is 6.71. The van der Waals surface area contributed by atoms with Crippen LogP contribution in [0.3, 0.4) is 0 Å². The fourth-order valence-corrected chi connectivity index (χ4v) is 5.45. The molecule has 2 saturated heterocycles. The molecule has 0 spiro atoms. The number of hydrogen-bond donors (Lipinski definition) is 0. The Morgan fingerprint density at radius 1 is 1.03 bits per heavy atom. The minimum absolute atomic E-state index is 0.0450. The molecule has 34 heavy (non-hydrogen) atoms. The number of carbonyl (C=O) groups excluding carboxylic acids is 1. The van der Waals surface area contributed by atoms with E-state index in [2.05, 4.69) is 61.4 Å². The van der Waals surface area contributed by atoms with Crippen LogP contribution < -0.4 is 9.64 Å². The fraction of sp³-hybridized carbons (Fsp3) is 0.480. The van der Waals surface area contributed by atoms with Gasteiger partial charge in [0.25, 0.3) is 5.91 Å². The van der Waals surface area contributed by atoms with Gasteiger partial charge in [0.15, 0.2) is 0 Å². The second-order valence-electron chi connectivity index (χ2n) is 8.98. The summed E-state index contributed by atoms with van der Waals surface area (Å²) < 4.78 is 7.21. The molecule has 0 aliphatic carbocycles. The predicted molar refractivity (Wildman–Crippen MR) is 136 cm³/mol. The number of anilines is 1. The summed E-state index contributed by atoms with van der Waals surface area (Å²) in [6.07, 6.45) is 2.34. The molecule has 0 atom stereocenters. The van der Waals surface area contributed by atoms with E-state index in [0.717, 1.165) is 65.3 Å². The highest BCUT2D eigenvalue weighted by atomic mass is 32.1. The van der Waals surface area contributed by atoms with Crippen LogP contribution in [0.2, 0.25) is 0 Å². The quantitative estimate of drug-likeness (QED) is 0.482. The Morgan fingerprint density at radius 3 is 2.68 bits per heavy atom. The summed E-state index contributed by atoms with van der Waals surface area (Å²) in [5.74, 6) is 0.428. The van der Waals surface area contributed by atoms with Crippen molar-refractivity contribution < 1.29 is 9.53 Å². The molecule has 9 heteroatoms. The number of piperazine rings is 2. The summed E-state index contributed by atoms with van der Waals surface area (Å²) in [7, 11) is 2.07. The topological polar surface area (TPSA) is 65.0 Å². The van der Waals surface area contributed by atoms with E-state index in [1.165, 1.54) is 22.1 Å². The molecular weight excluding hydrogens is 448 g/mol. The van der Waals surface area contributed by atoms with Crippen molar-refractivity contribution in [2.75, 3.05) is 77.5 Å². The van der Waals surface area contributed by atoms with Crippen molar-refractivity contribution in [1.82, 2.24) is 24.7 Å². The van der Waals surface area contributed by atoms with Gasteiger partial charge < -0.3 is 19.4 Å². The highest BCUT2D eigenvalue weighted by molar-refractivity contribution is 7.17. The summed E-state index contributed by atoms with van der Waals surface area (Å²) >= 11 is 1.80. The van der Waals surface area contributed by atoms with E-state index in [9.17, 15) is 4.79 Å². The average molecular weight is 481 g/mol. The van der Waals surface area contributed by atoms with Crippen LogP contribution in [-0.2, 0) is 0 Å². The van der Waals surface area contributed by atoms with Crippen molar-refractivity contribution in [2.45, 2.75) is 6.42 Å². The normalized spacial score (nSPS) is 17.9. The Bertz CT molecular complexity index is 1110. The lowest BCUT2D eigenvalue weighted by Gasteiger charge is -2.36. The van der Waals surface area contributed by atoms with E-state index in [1.807, 2.05) is 4.90 Å². The largest absolute Gasteiger partial charge is 0.478 e. The van der Waals surface area contributed by atoms with Gasteiger partial charge in [0, 0.05) is 80.7 Å². The van der Waals surface area contributed by atoms with Crippen molar-refractivity contribution in [3.63, 3.8) is 0 Å². The molecule has 0 radical (unpaired) electrons. The van der Waals surface area contributed by atoms with E-state index in [4.69, 9.17) is 4.74 Å². The first-order valence-corrected chi connectivity index (χ1v) is 12.9. The first kappa shape index (κ1) is 23.0. The lowest BCUT2D eigenvalue weighted by molar-refractivity contribution is 0.0657. The van der Waals surface area contributed by atoms with Gasteiger partial charge in [-0.05, 0) is 37.0 Å². The van der Waals surface area contributed by atoms with Crippen molar-refractivity contribution in [1.29, 1.82) is 0 Å². The lowest BCUT2D eigenvalue weighted by Crippen LogP contribution is -2.47. The molecule has 0 N–H and O–H groups in total. The van der Waals surface area contributed by atoms with Crippen molar-refractivity contribution in [3.8, 4) is 5.88 Å². The van der Waals surface area contributed by atoms with E-state index in [0.29, 0.717) is 18.2 Å². The molecule has 180 valence electrons. The van der Waals surface area contributed by atoms with Gasteiger partial charge >= 0.3 is 0 Å². The molecule has 2 aliphatic heterocycles. The monoisotopic (exact) mass is 480 g/mol. The zero-order chi connectivity index (χ0) is 23.3. The van der Waals surface area contributed by atoms with Gasteiger partial charge in [-0.3, -0.25) is 9.69 Å².